The Hall–Kier alpha value is -1.03. The summed E-state index contributed by atoms with van der Waals surface area (Å²) in [5, 5.41) is 6.38. The maximum atomic E-state index is 4.51. The van der Waals surface area contributed by atoms with E-state index in [9.17, 15) is 0 Å². The van der Waals surface area contributed by atoms with Gasteiger partial charge in [0.1, 0.15) is 0 Å². The normalized spacial score (nSPS) is 14.9. The van der Waals surface area contributed by atoms with Gasteiger partial charge in [-0.05, 0) is 39.5 Å². The molecule has 0 unspecified atom stereocenters. The molecule has 1 aliphatic heterocycles. The maximum Gasteiger partial charge on any atom is 0.196 e. The predicted octanol–water partition coefficient (Wildman–Crippen LogP) is 2.75. The summed E-state index contributed by atoms with van der Waals surface area (Å²) in [7, 11) is 0. The van der Waals surface area contributed by atoms with Crippen LogP contribution in [-0.2, 0) is 0 Å². The summed E-state index contributed by atoms with van der Waals surface area (Å²) in [4.78, 5) is 4.51. The SMILES string of the molecule is CC(C)c1ccc(N=C2NCCN2)c(Br)c1. The summed E-state index contributed by atoms with van der Waals surface area (Å²) < 4.78 is 1.04. The van der Waals surface area contributed by atoms with Gasteiger partial charge in [-0.15, -0.1) is 0 Å². The van der Waals surface area contributed by atoms with Gasteiger partial charge in [0.15, 0.2) is 5.96 Å². The van der Waals surface area contributed by atoms with Crippen LogP contribution in [0.5, 0.6) is 0 Å². The lowest BCUT2D eigenvalue weighted by Crippen LogP contribution is -2.23. The molecule has 86 valence electrons. The molecular weight excluding hydrogens is 266 g/mol. The summed E-state index contributed by atoms with van der Waals surface area (Å²) in [6.45, 7) is 6.27. The molecule has 1 fully saturated rings. The fourth-order valence-electron chi connectivity index (χ4n) is 1.60. The summed E-state index contributed by atoms with van der Waals surface area (Å²) >= 11 is 3.56. The van der Waals surface area contributed by atoms with Gasteiger partial charge in [-0.3, -0.25) is 0 Å². The molecule has 0 saturated carbocycles. The minimum absolute atomic E-state index is 0.542. The second-order valence-corrected chi connectivity index (χ2v) is 5.03. The Kier molecular flexibility index (Phi) is 3.49. The third-order valence-corrected chi connectivity index (χ3v) is 3.22. The van der Waals surface area contributed by atoms with Gasteiger partial charge in [-0.25, -0.2) is 4.99 Å². The topological polar surface area (TPSA) is 36.4 Å². The third-order valence-electron chi connectivity index (χ3n) is 2.58. The van der Waals surface area contributed by atoms with E-state index in [0.717, 1.165) is 29.2 Å². The third kappa shape index (κ3) is 2.55. The molecule has 0 atom stereocenters. The number of nitrogens with one attached hydrogen (secondary N) is 2. The van der Waals surface area contributed by atoms with Gasteiger partial charge in [-0.1, -0.05) is 19.9 Å². The second-order valence-electron chi connectivity index (χ2n) is 4.18. The minimum Gasteiger partial charge on any atom is -0.354 e. The Bertz CT molecular complexity index is 405. The number of rotatable bonds is 2. The van der Waals surface area contributed by atoms with Crippen molar-refractivity contribution in [3.8, 4) is 0 Å². The standard InChI is InChI=1S/C12H16BrN3/c1-8(2)9-3-4-11(10(13)7-9)16-12-14-5-6-15-12/h3-4,7-8H,5-6H2,1-2H3,(H2,14,15,16). The Morgan fingerprint density at radius 2 is 1.94 bits per heavy atom. The molecule has 1 aromatic rings. The van der Waals surface area contributed by atoms with Crippen molar-refractivity contribution in [2.24, 2.45) is 4.99 Å². The molecule has 3 nitrogen and oxygen atoms in total. The van der Waals surface area contributed by atoms with Crippen LogP contribution in [0.4, 0.5) is 5.69 Å². The molecule has 1 saturated heterocycles. The first-order valence-corrected chi connectivity index (χ1v) is 6.32. The number of halogens is 1. The molecule has 0 radical (unpaired) electrons. The maximum absolute atomic E-state index is 4.51. The summed E-state index contributed by atoms with van der Waals surface area (Å²) in [6.07, 6.45) is 0. The van der Waals surface area contributed by atoms with E-state index >= 15 is 0 Å². The average molecular weight is 282 g/mol. The van der Waals surface area contributed by atoms with Crippen LogP contribution in [0.3, 0.4) is 0 Å². The van der Waals surface area contributed by atoms with E-state index in [1.165, 1.54) is 5.56 Å². The van der Waals surface area contributed by atoms with E-state index in [0.29, 0.717) is 5.92 Å². The number of guanidine groups is 1. The molecule has 2 rings (SSSR count). The molecule has 2 N–H and O–H groups in total. The van der Waals surface area contributed by atoms with E-state index in [4.69, 9.17) is 0 Å². The van der Waals surface area contributed by atoms with Crippen LogP contribution >= 0.6 is 15.9 Å². The number of aliphatic imine (C=N–C) groups is 1. The smallest absolute Gasteiger partial charge is 0.196 e. The molecule has 1 heterocycles. The van der Waals surface area contributed by atoms with Gasteiger partial charge in [-0.2, -0.15) is 0 Å². The van der Waals surface area contributed by atoms with Crippen LogP contribution in [0.2, 0.25) is 0 Å². The van der Waals surface area contributed by atoms with E-state index in [-0.39, 0.29) is 0 Å². The highest BCUT2D eigenvalue weighted by atomic mass is 79.9. The lowest BCUT2D eigenvalue weighted by Gasteiger charge is -2.07. The molecule has 4 heteroatoms. The van der Waals surface area contributed by atoms with Crippen molar-refractivity contribution in [2.75, 3.05) is 13.1 Å². The molecule has 0 spiro atoms. The summed E-state index contributed by atoms with van der Waals surface area (Å²) in [5.41, 5.74) is 2.28. The van der Waals surface area contributed by atoms with Crippen molar-refractivity contribution in [3.05, 3.63) is 28.2 Å². The number of hydrogen-bond acceptors (Lipinski definition) is 1. The van der Waals surface area contributed by atoms with Crippen LogP contribution < -0.4 is 10.6 Å². The van der Waals surface area contributed by atoms with Crippen molar-refractivity contribution >= 4 is 27.6 Å². The molecule has 1 aliphatic rings. The quantitative estimate of drug-likeness (QED) is 0.875. The van der Waals surface area contributed by atoms with Crippen LogP contribution in [0.25, 0.3) is 0 Å². The van der Waals surface area contributed by atoms with Gasteiger partial charge in [0, 0.05) is 17.6 Å². The zero-order chi connectivity index (χ0) is 11.5. The fraction of sp³-hybridized carbons (Fsp3) is 0.417. The van der Waals surface area contributed by atoms with Gasteiger partial charge in [0.2, 0.25) is 0 Å². The van der Waals surface area contributed by atoms with Crippen LogP contribution in [0.15, 0.2) is 27.7 Å². The predicted molar refractivity (Wildman–Crippen MR) is 71.3 cm³/mol. The monoisotopic (exact) mass is 281 g/mol. The van der Waals surface area contributed by atoms with Gasteiger partial charge < -0.3 is 10.6 Å². The van der Waals surface area contributed by atoms with E-state index in [1.54, 1.807) is 0 Å². The Labute approximate surface area is 104 Å². The zero-order valence-electron chi connectivity index (χ0n) is 9.55. The van der Waals surface area contributed by atoms with Crippen LogP contribution in [0.1, 0.15) is 25.3 Å². The van der Waals surface area contributed by atoms with Crippen LogP contribution in [0, 0.1) is 0 Å². The zero-order valence-corrected chi connectivity index (χ0v) is 11.1. The highest BCUT2D eigenvalue weighted by molar-refractivity contribution is 9.10. The van der Waals surface area contributed by atoms with Gasteiger partial charge >= 0.3 is 0 Å². The molecule has 0 aromatic heterocycles. The molecule has 0 amide bonds. The van der Waals surface area contributed by atoms with Crippen molar-refractivity contribution in [1.82, 2.24) is 10.6 Å². The molecular formula is C12H16BrN3. The molecule has 16 heavy (non-hydrogen) atoms. The molecule has 0 aliphatic carbocycles. The lowest BCUT2D eigenvalue weighted by atomic mass is 10.0. The first-order chi connectivity index (χ1) is 7.66. The van der Waals surface area contributed by atoms with Crippen molar-refractivity contribution in [1.29, 1.82) is 0 Å². The van der Waals surface area contributed by atoms with Gasteiger partial charge in [0.25, 0.3) is 0 Å². The number of nitrogens with zero attached hydrogens (tertiary/aromatic N) is 1. The van der Waals surface area contributed by atoms with Crippen molar-refractivity contribution in [2.45, 2.75) is 19.8 Å². The van der Waals surface area contributed by atoms with Crippen molar-refractivity contribution < 1.29 is 0 Å². The minimum atomic E-state index is 0.542. The Balaban J connectivity index is 2.25. The Morgan fingerprint density at radius 1 is 1.25 bits per heavy atom. The molecule has 0 bridgehead atoms. The highest BCUT2D eigenvalue weighted by Crippen LogP contribution is 2.29. The highest BCUT2D eigenvalue weighted by Gasteiger charge is 2.08. The average Bonchev–Trinajstić information content (AvgIpc) is 2.73. The van der Waals surface area contributed by atoms with E-state index < -0.39 is 0 Å². The van der Waals surface area contributed by atoms with E-state index in [2.05, 4.69) is 57.5 Å². The largest absolute Gasteiger partial charge is 0.354 e. The Morgan fingerprint density at radius 3 is 2.50 bits per heavy atom. The fourth-order valence-corrected chi connectivity index (χ4v) is 2.08. The second kappa shape index (κ2) is 4.87. The first kappa shape index (κ1) is 11.5. The van der Waals surface area contributed by atoms with Crippen LogP contribution in [-0.4, -0.2) is 19.0 Å². The first-order valence-electron chi connectivity index (χ1n) is 5.52. The summed E-state index contributed by atoms with van der Waals surface area (Å²) in [5.74, 6) is 1.40. The van der Waals surface area contributed by atoms with Gasteiger partial charge in [0.05, 0.1) is 5.69 Å². The molecule has 1 aromatic carbocycles. The lowest BCUT2D eigenvalue weighted by molar-refractivity contribution is 0.866. The van der Waals surface area contributed by atoms with E-state index in [1.807, 2.05) is 6.07 Å². The number of benzene rings is 1. The summed E-state index contributed by atoms with van der Waals surface area (Å²) in [6, 6.07) is 6.32. The number of hydrogen-bond donors (Lipinski definition) is 2. The van der Waals surface area contributed by atoms with Crippen molar-refractivity contribution in [3.63, 3.8) is 0 Å².